The second-order valence-corrected chi connectivity index (χ2v) is 3.23. The van der Waals surface area contributed by atoms with Crippen molar-refractivity contribution in [2.75, 3.05) is 5.32 Å². The van der Waals surface area contributed by atoms with Crippen LogP contribution in [0.1, 0.15) is 24.7 Å². The van der Waals surface area contributed by atoms with Crippen LogP contribution in [0.15, 0.2) is 12.1 Å². The van der Waals surface area contributed by atoms with E-state index in [1.165, 1.54) is 13.0 Å². The average molecular weight is 232 g/mol. The SMILES string of the molecule is CCC(=O)Nc1ccc(C(F)(F)F)nc1C. The number of alkyl halides is 3. The standard InChI is InChI=1S/C10H11F3N2O/c1-3-9(16)15-7-4-5-8(10(11,12)13)14-6(7)2/h4-5H,3H2,1-2H3,(H,15,16). The lowest BCUT2D eigenvalue weighted by molar-refractivity contribution is -0.141. The zero-order valence-electron chi connectivity index (χ0n) is 8.85. The average Bonchev–Trinajstić information content (AvgIpc) is 2.19. The molecule has 0 atom stereocenters. The molecule has 0 radical (unpaired) electrons. The van der Waals surface area contributed by atoms with Crippen molar-refractivity contribution in [2.24, 2.45) is 0 Å². The lowest BCUT2D eigenvalue weighted by Crippen LogP contribution is -2.13. The van der Waals surface area contributed by atoms with Gasteiger partial charge in [-0.15, -0.1) is 0 Å². The minimum Gasteiger partial charge on any atom is -0.325 e. The van der Waals surface area contributed by atoms with Crippen LogP contribution in [0.3, 0.4) is 0 Å². The van der Waals surface area contributed by atoms with Crippen LogP contribution >= 0.6 is 0 Å². The lowest BCUT2D eigenvalue weighted by Gasteiger charge is -2.10. The van der Waals surface area contributed by atoms with E-state index < -0.39 is 11.9 Å². The molecule has 1 aromatic rings. The molecule has 88 valence electrons. The van der Waals surface area contributed by atoms with Crippen molar-refractivity contribution < 1.29 is 18.0 Å². The van der Waals surface area contributed by atoms with Gasteiger partial charge in [0.15, 0.2) is 0 Å². The summed E-state index contributed by atoms with van der Waals surface area (Å²) in [6.07, 6.45) is -4.20. The number of amides is 1. The maximum Gasteiger partial charge on any atom is 0.433 e. The van der Waals surface area contributed by atoms with Gasteiger partial charge in [-0.3, -0.25) is 4.79 Å². The number of carbonyl (C=O) groups excluding carboxylic acids is 1. The number of pyridine rings is 1. The summed E-state index contributed by atoms with van der Waals surface area (Å²) >= 11 is 0. The molecule has 1 aromatic heterocycles. The van der Waals surface area contributed by atoms with E-state index >= 15 is 0 Å². The van der Waals surface area contributed by atoms with Crippen LogP contribution in [0.25, 0.3) is 0 Å². The smallest absolute Gasteiger partial charge is 0.325 e. The van der Waals surface area contributed by atoms with E-state index in [0.717, 1.165) is 6.07 Å². The largest absolute Gasteiger partial charge is 0.433 e. The topological polar surface area (TPSA) is 42.0 Å². The molecule has 0 aliphatic rings. The fraction of sp³-hybridized carbons (Fsp3) is 0.400. The Morgan fingerprint density at radius 3 is 2.50 bits per heavy atom. The van der Waals surface area contributed by atoms with Gasteiger partial charge in [-0.05, 0) is 19.1 Å². The molecule has 0 fully saturated rings. The van der Waals surface area contributed by atoms with Crippen molar-refractivity contribution in [1.29, 1.82) is 0 Å². The molecular formula is C10H11F3N2O. The number of carbonyl (C=O) groups is 1. The monoisotopic (exact) mass is 232 g/mol. The fourth-order valence-corrected chi connectivity index (χ4v) is 1.09. The Kier molecular flexibility index (Phi) is 3.51. The molecule has 1 heterocycles. The molecule has 16 heavy (non-hydrogen) atoms. The first-order chi connectivity index (χ1) is 7.34. The maximum absolute atomic E-state index is 12.3. The van der Waals surface area contributed by atoms with E-state index in [1.807, 2.05) is 0 Å². The first kappa shape index (κ1) is 12.5. The van der Waals surface area contributed by atoms with E-state index in [2.05, 4.69) is 10.3 Å². The highest BCUT2D eigenvalue weighted by molar-refractivity contribution is 5.90. The summed E-state index contributed by atoms with van der Waals surface area (Å²) in [6, 6.07) is 2.05. The van der Waals surface area contributed by atoms with Gasteiger partial charge in [0.25, 0.3) is 0 Å². The highest BCUT2D eigenvalue weighted by atomic mass is 19.4. The summed E-state index contributed by atoms with van der Waals surface area (Å²) < 4.78 is 36.8. The third-order valence-electron chi connectivity index (χ3n) is 1.97. The Bertz CT molecular complexity index is 402. The van der Waals surface area contributed by atoms with E-state index in [9.17, 15) is 18.0 Å². The van der Waals surface area contributed by atoms with Gasteiger partial charge >= 0.3 is 6.18 Å². The predicted octanol–water partition coefficient (Wildman–Crippen LogP) is 2.76. The van der Waals surface area contributed by atoms with Crippen molar-refractivity contribution in [3.63, 3.8) is 0 Å². The molecule has 0 bridgehead atoms. The zero-order valence-corrected chi connectivity index (χ0v) is 8.85. The minimum atomic E-state index is -4.46. The van der Waals surface area contributed by atoms with Crippen LogP contribution in [0.4, 0.5) is 18.9 Å². The van der Waals surface area contributed by atoms with Crippen molar-refractivity contribution in [3.8, 4) is 0 Å². The van der Waals surface area contributed by atoms with E-state index in [-0.39, 0.29) is 18.0 Å². The first-order valence-electron chi connectivity index (χ1n) is 4.69. The molecule has 0 spiro atoms. The summed E-state index contributed by atoms with van der Waals surface area (Å²) in [4.78, 5) is 14.4. The Labute approximate surface area is 90.7 Å². The van der Waals surface area contributed by atoms with Gasteiger partial charge in [-0.1, -0.05) is 6.92 Å². The Balaban J connectivity index is 2.96. The van der Waals surface area contributed by atoms with E-state index in [4.69, 9.17) is 0 Å². The fourth-order valence-electron chi connectivity index (χ4n) is 1.09. The number of nitrogens with one attached hydrogen (secondary N) is 1. The Hall–Kier alpha value is -1.59. The number of hydrogen-bond donors (Lipinski definition) is 1. The molecule has 1 N–H and O–H groups in total. The van der Waals surface area contributed by atoms with Crippen LogP contribution in [-0.4, -0.2) is 10.9 Å². The zero-order chi connectivity index (χ0) is 12.3. The van der Waals surface area contributed by atoms with Crippen molar-refractivity contribution in [2.45, 2.75) is 26.4 Å². The number of halogens is 3. The molecule has 0 aliphatic heterocycles. The molecule has 0 aromatic carbocycles. The molecule has 0 saturated carbocycles. The van der Waals surface area contributed by atoms with Gasteiger partial charge in [-0.25, -0.2) is 4.98 Å². The van der Waals surface area contributed by atoms with Crippen LogP contribution in [0.2, 0.25) is 0 Å². The second-order valence-electron chi connectivity index (χ2n) is 3.23. The van der Waals surface area contributed by atoms with Crippen molar-refractivity contribution in [3.05, 3.63) is 23.5 Å². The lowest BCUT2D eigenvalue weighted by atomic mass is 10.2. The molecule has 1 amide bonds. The summed E-state index contributed by atoms with van der Waals surface area (Å²) in [7, 11) is 0. The summed E-state index contributed by atoms with van der Waals surface area (Å²) in [5.41, 5.74) is -0.504. The third kappa shape index (κ3) is 2.95. The predicted molar refractivity (Wildman–Crippen MR) is 52.9 cm³/mol. The van der Waals surface area contributed by atoms with Gasteiger partial charge in [0.1, 0.15) is 5.69 Å². The van der Waals surface area contributed by atoms with Crippen LogP contribution in [0.5, 0.6) is 0 Å². The Morgan fingerprint density at radius 1 is 1.44 bits per heavy atom. The van der Waals surface area contributed by atoms with Crippen molar-refractivity contribution >= 4 is 11.6 Å². The number of nitrogens with zero attached hydrogens (tertiary/aromatic N) is 1. The quantitative estimate of drug-likeness (QED) is 0.851. The van der Waals surface area contributed by atoms with Gasteiger partial charge < -0.3 is 5.32 Å². The van der Waals surface area contributed by atoms with Gasteiger partial charge in [0.05, 0.1) is 11.4 Å². The third-order valence-corrected chi connectivity index (χ3v) is 1.97. The highest BCUT2D eigenvalue weighted by Crippen LogP contribution is 2.29. The molecule has 0 unspecified atom stereocenters. The molecule has 1 rings (SSSR count). The number of aryl methyl sites for hydroxylation is 1. The van der Waals surface area contributed by atoms with E-state index in [0.29, 0.717) is 5.69 Å². The molecule has 0 aliphatic carbocycles. The highest BCUT2D eigenvalue weighted by Gasteiger charge is 2.32. The van der Waals surface area contributed by atoms with Gasteiger partial charge in [0, 0.05) is 6.42 Å². The number of hydrogen-bond acceptors (Lipinski definition) is 2. The normalized spacial score (nSPS) is 11.3. The van der Waals surface area contributed by atoms with Gasteiger partial charge in [0.2, 0.25) is 5.91 Å². The molecular weight excluding hydrogens is 221 g/mol. The number of anilines is 1. The van der Waals surface area contributed by atoms with Crippen molar-refractivity contribution in [1.82, 2.24) is 4.98 Å². The first-order valence-corrected chi connectivity index (χ1v) is 4.69. The molecule has 6 heteroatoms. The maximum atomic E-state index is 12.3. The summed E-state index contributed by atoms with van der Waals surface area (Å²) in [6.45, 7) is 3.07. The minimum absolute atomic E-state index is 0.150. The van der Waals surface area contributed by atoms with Gasteiger partial charge in [-0.2, -0.15) is 13.2 Å². The number of rotatable bonds is 2. The second kappa shape index (κ2) is 4.51. The molecule has 3 nitrogen and oxygen atoms in total. The Morgan fingerprint density at radius 2 is 2.06 bits per heavy atom. The summed E-state index contributed by atoms with van der Waals surface area (Å²) in [5, 5.41) is 2.47. The van der Waals surface area contributed by atoms with Crippen LogP contribution in [-0.2, 0) is 11.0 Å². The molecule has 0 saturated heterocycles. The van der Waals surface area contributed by atoms with Crippen LogP contribution in [0, 0.1) is 6.92 Å². The number of aromatic nitrogens is 1. The summed E-state index contributed by atoms with van der Waals surface area (Å²) in [5.74, 6) is -0.260. The van der Waals surface area contributed by atoms with Crippen LogP contribution < -0.4 is 5.32 Å². The van der Waals surface area contributed by atoms with E-state index in [1.54, 1.807) is 6.92 Å².